The minimum atomic E-state index is -0.416. The third kappa shape index (κ3) is 4.50. The van der Waals surface area contributed by atoms with Crippen molar-refractivity contribution in [2.24, 2.45) is 5.92 Å². The van der Waals surface area contributed by atoms with Gasteiger partial charge in [0.15, 0.2) is 0 Å². The van der Waals surface area contributed by atoms with Crippen LogP contribution in [0.5, 0.6) is 5.75 Å². The van der Waals surface area contributed by atoms with E-state index in [0.717, 1.165) is 36.9 Å². The summed E-state index contributed by atoms with van der Waals surface area (Å²) in [7, 11) is 0. The second-order valence-electron chi connectivity index (χ2n) is 6.24. The molecule has 0 amide bonds. The number of hydrogen-bond acceptors (Lipinski definition) is 3. The molecule has 0 aromatic heterocycles. The van der Waals surface area contributed by atoms with Gasteiger partial charge in [-0.15, -0.1) is 0 Å². The Morgan fingerprint density at radius 1 is 1.40 bits per heavy atom. The number of β-amino-alcohol motifs (C(OH)–C–C–N with tert-alkyl or cyclic N) is 1. The van der Waals surface area contributed by atoms with Crippen molar-refractivity contribution in [3.05, 3.63) is 29.3 Å². The van der Waals surface area contributed by atoms with Crippen molar-refractivity contribution in [1.82, 2.24) is 4.90 Å². The Labute approximate surface area is 122 Å². The molecule has 1 fully saturated rings. The van der Waals surface area contributed by atoms with Crippen molar-refractivity contribution in [2.75, 3.05) is 26.2 Å². The molecule has 0 radical (unpaired) electrons. The fourth-order valence-electron chi connectivity index (χ4n) is 2.95. The molecule has 0 bridgehead atoms. The maximum atomic E-state index is 10.1. The fourth-order valence-corrected chi connectivity index (χ4v) is 2.95. The molecule has 112 valence electrons. The summed E-state index contributed by atoms with van der Waals surface area (Å²) in [6.07, 6.45) is 2.14. The Kier molecular flexibility index (Phi) is 5.44. The van der Waals surface area contributed by atoms with E-state index in [1.807, 2.05) is 19.1 Å². The van der Waals surface area contributed by atoms with Gasteiger partial charge in [-0.3, -0.25) is 0 Å². The van der Waals surface area contributed by atoms with E-state index in [2.05, 4.69) is 24.8 Å². The normalized spacial score (nSPS) is 21.7. The molecule has 20 heavy (non-hydrogen) atoms. The highest BCUT2D eigenvalue weighted by Crippen LogP contribution is 2.19. The van der Waals surface area contributed by atoms with Gasteiger partial charge in [0, 0.05) is 13.1 Å². The lowest BCUT2D eigenvalue weighted by molar-refractivity contribution is 0.0535. The second-order valence-corrected chi connectivity index (χ2v) is 6.24. The van der Waals surface area contributed by atoms with Crippen molar-refractivity contribution in [2.45, 2.75) is 39.7 Å². The zero-order valence-corrected chi connectivity index (χ0v) is 12.9. The molecular weight excluding hydrogens is 250 g/mol. The topological polar surface area (TPSA) is 32.7 Å². The van der Waals surface area contributed by atoms with Gasteiger partial charge in [-0.2, -0.15) is 0 Å². The molecule has 0 aliphatic carbocycles. The van der Waals surface area contributed by atoms with Gasteiger partial charge >= 0.3 is 0 Å². The van der Waals surface area contributed by atoms with Crippen molar-refractivity contribution in [1.29, 1.82) is 0 Å². The number of nitrogens with zero attached hydrogens (tertiary/aromatic N) is 1. The van der Waals surface area contributed by atoms with Crippen molar-refractivity contribution >= 4 is 0 Å². The largest absolute Gasteiger partial charge is 0.491 e. The molecule has 1 heterocycles. The Morgan fingerprint density at radius 3 is 2.90 bits per heavy atom. The van der Waals surface area contributed by atoms with Crippen LogP contribution in [0, 0.1) is 19.8 Å². The number of aryl methyl sites for hydroxylation is 2. The molecule has 1 aromatic rings. The molecule has 1 saturated heterocycles. The maximum absolute atomic E-state index is 10.1. The average Bonchev–Trinajstić information content (AvgIpc) is 2.37. The van der Waals surface area contributed by atoms with Gasteiger partial charge < -0.3 is 14.7 Å². The Bertz CT molecular complexity index is 433. The Hall–Kier alpha value is -1.06. The smallest absolute Gasteiger partial charge is 0.122 e. The first kappa shape index (κ1) is 15.3. The minimum absolute atomic E-state index is 0.370. The van der Waals surface area contributed by atoms with Crippen LogP contribution in [0.3, 0.4) is 0 Å². The van der Waals surface area contributed by atoms with Gasteiger partial charge in [0.2, 0.25) is 0 Å². The molecule has 3 heteroatoms. The summed E-state index contributed by atoms with van der Waals surface area (Å²) in [6, 6.07) is 6.13. The third-order valence-electron chi connectivity index (χ3n) is 3.97. The van der Waals surface area contributed by atoms with Crippen LogP contribution in [0.2, 0.25) is 0 Å². The van der Waals surface area contributed by atoms with Crippen LogP contribution >= 0.6 is 0 Å². The highest BCUT2D eigenvalue weighted by molar-refractivity contribution is 5.35. The summed E-state index contributed by atoms with van der Waals surface area (Å²) >= 11 is 0. The summed E-state index contributed by atoms with van der Waals surface area (Å²) < 4.78 is 5.75. The average molecular weight is 277 g/mol. The van der Waals surface area contributed by atoms with Gasteiger partial charge in [-0.05, 0) is 50.8 Å². The van der Waals surface area contributed by atoms with Crippen LogP contribution in [-0.4, -0.2) is 42.4 Å². The van der Waals surface area contributed by atoms with Gasteiger partial charge in [-0.1, -0.05) is 24.6 Å². The molecule has 2 rings (SSSR count). The van der Waals surface area contributed by atoms with E-state index in [-0.39, 0.29) is 0 Å². The molecule has 1 aliphatic heterocycles. The van der Waals surface area contributed by atoms with Crippen molar-refractivity contribution in [3.8, 4) is 5.75 Å². The molecule has 1 aliphatic rings. The van der Waals surface area contributed by atoms with Gasteiger partial charge in [-0.25, -0.2) is 0 Å². The number of aliphatic hydroxyl groups is 1. The lowest BCUT2D eigenvalue weighted by Crippen LogP contribution is -2.41. The summed E-state index contributed by atoms with van der Waals surface area (Å²) in [6.45, 7) is 9.69. The van der Waals surface area contributed by atoms with Gasteiger partial charge in [0.1, 0.15) is 18.5 Å². The lowest BCUT2D eigenvalue weighted by Gasteiger charge is -2.32. The summed E-state index contributed by atoms with van der Waals surface area (Å²) in [5.74, 6) is 1.62. The highest BCUT2D eigenvalue weighted by atomic mass is 16.5. The standard InChI is InChI=1S/C17H27NO2/c1-13-6-7-17(15(3)9-13)20-12-16(19)11-18-8-4-5-14(2)10-18/h6-7,9,14,16,19H,4-5,8,10-12H2,1-3H3/t14-,16-/m1/s1. The SMILES string of the molecule is Cc1ccc(OC[C@H](O)CN2CCC[C@@H](C)C2)c(C)c1. The van der Waals surface area contributed by atoms with Crippen LogP contribution in [0.25, 0.3) is 0 Å². The number of benzene rings is 1. The van der Waals surface area contributed by atoms with Gasteiger partial charge in [0.05, 0.1) is 0 Å². The van der Waals surface area contributed by atoms with Gasteiger partial charge in [0.25, 0.3) is 0 Å². The van der Waals surface area contributed by atoms with E-state index >= 15 is 0 Å². The van der Waals surface area contributed by atoms with E-state index in [4.69, 9.17) is 4.74 Å². The number of rotatable bonds is 5. The molecule has 3 nitrogen and oxygen atoms in total. The minimum Gasteiger partial charge on any atom is -0.491 e. The first-order valence-corrected chi connectivity index (χ1v) is 7.65. The quantitative estimate of drug-likeness (QED) is 0.898. The second kappa shape index (κ2) is 7.09. The maximum Gasteiger partial charge on any atom is 0.122 e. The van der Waals surface area contributed by atoms with Crippen molar-refractivity contribution in [3.63, 3.8) is 0 Å². The van der Waals surface area contributed by atoms with E-state index < -0.39 is 6.10 Å². The van der Waals surface area contributed by atoms with Crippen LogP contribution in [0.1, 0.15) is 30.9 Å². The predicted molar refractivity (Wildman–Crippen MR) is 82.3 cm³/mol. The van der Waals surface area contributed by atoms with Crippen molar-refractivity contribution < 1.29 is 9.84 Å². The lowest BCUT2D eigenvalue weighted by atomic mass is 10.0. The first-order valence-electron chi connectivity index (χ1n) is 7.65. The Morgan fingerprint density at radius 2 is 2.20 bits per heavy atom. The zero-order chi connectivity index (χ0) is 14.5. The monoisotopic (exact) mass is 277 g/mol. The number of likely N-dealkylation sites (tertiary alicyclic amines) is 1. The number of piperidine rings is 1. The number of ether oxygens (including phenoxy) is 1. The zero-order valence-electron chi connectivity index (χ0n) is 12.9. The third-order valence-corrected chi connectivity index (χ3v) is 3.97. The molecule has 2 atom stereocenters. The fraction of sp³-hybridized carbons (Fsp3) is 0.647. The molecule has 0 saturated carbocycles. The summed E-state index contributed by atoms with van der Waals surface area (Å²) in [4.78, 5) is 2.35. The Balaban J connectivity index is 1.78. The van der Waals surface area contributed by atoms with E-state index in [1.165, 1.54) is 18.4 Å². The van der Waals surface area contributed by atoms with Crippen LogP contribution in [0.15, 0.2) is 18.2 Å². The summed E-state index contributed by atoms with van der Waals surface area (Å²) in [5.41, 5.74) is 2.36. The van der Waals surface area contributed by atoms with Crippen LogP contribution in [0.4, 0.5) is 0 Å². The molecule has 1 aromatic carbocycles. The molecule has 0 spiro atoms. The van der Waals surface area contributed by atoms with Crippen LogP contribution in [-0.2, 0) is 0 Å². The van der Waals surface area contributed by atoms with E-state index in [0.29, 0.717) is 6.61 Å². The summed E-state index contributed by atoms with van der Waals surface area (Å²) in [5, 5.41) is 10.1. The van der Waals surface area contributed by atoms with E-state index in [1.54, 1.807) is 0 Å². The molecule has 0 unspecified atom stereocenters. The molecular formula is C17H27NO2. The number of aliphatic hydroxyl groups excluding tert-OH is 1. The predicted octanol–water partition coefficient (Wildman–Crippen LogP) is 2.78. The van der Waals surface area contributed by atoms with Crippen LogP contribution < -0.4 is 4.74 Å². The highest BCUT2D eigenvalue weighted by Gasteiger charge is 2.19. The first-order chi connectivity index (χ1) is 9.54. The number of hydrogen-bond donors (Lipinski definition) is 1. The molecule has 1 N–H and O–H groups in total. The van der Waals surface area contributed by atoms with E-state index in [9.17, 15) is 5.11 Å².